The maximum absolute atomic E-state index is 6.06. The van der Waals surface area contributed by atoms with Crippen LogP contribution in [0.1, 0.15) is 13.3 Å². The fraction of sp³-hybridized carbons (Fsp3) is 0.211. The van der Waals surface area contributed by atoms with E-state index in [-0.39, 0.29) is 0 Å². The van der Waals surface area contributed by atoms with Crippen LogP contribution in [0.25, 0.3) is 22.5 Å². The van der Waals surface area contributed by atoms with Crippen LogP contribution in [0.5, 0.6) is 5.75 Å². The Morgan fingerprint density at radius 2 is 1.50 bits per heavy atom. The first kappa shape index (κ1) is 14.4. The first-order chi connectivity index (χ1) is 10.8. The van der Waals surface area contributed by atoms with E-state index in [0.717, 1.165) is 34.7 Å². The van der Waals surface area contributed by atoms with Crippen molar-refractivity contribution in [1.82, 2.24) is 9.78 Å². The van der Waals surface area contributed by atoms with Gasteiger partial charge >= 0.3 is 0 Å². The van der Waals surface area contributed by atoms with Crippen molar-refractivity contribution in [2.75, 3.05) is 6.61 Å². The molecule has 0 aliphatic rings. The summed E-state index contributed by atoms with van der Waals surface area (Å²) in [7, 11) is 1.97. The van der Waals surface area contributed by atoms with E-state index < -0.39 is 0 Å². The number of ether oxygens (including phenoxy) is 1. The fourth-order valence-corrected chi connectivity index (χ4v) is 2.54. The lowest BCUT2D eigenvalue weighted by atomic mass is 10.1. The van der Waals surface area contributed by atoms with Crippen LogP contribution in [-0.4, -0.2) is 16.4 Å². The van der Waals surface area contributed by atoms with Crippen LogP contribution in [0.2, 0.25) is 0 Å². The summed E-state index contributed by atoms with van der Waals surface area (Å²) >= 11 is 0. The molecule has 0 saturated heterocycles. The Morgan fingerprint density at radius 1 is 0.909 bits per heavy atom. The molecule has 3 rings (SSSR count). The highest BCUT2D eigenvalue weighted by atomic mass is 16.5. The molecule has 3 aromatic rings. The molecular weight excluding hydrogens is 272 g/mol. The Balaban J connectivity index is 2.16. The van der Waals surface area contributed by atoms with Gasteiger partial charge in [-0.25, -0.2) is 0 Å². The van der Waals surface area contributed by atoms with Gasteiger partial charge in [-0.05, 0) is 6.42 Å². The molecule has 0 unspecified atom stereocenters. The van der Waals surface area contributed by atoms with Crippen LogP contribution >= 0.6 is 0 Å². The number of aromatic nitrogens is 2. The maximum Gasteiger partial charge on any atom is 0.173 e. The molecule has 1 heterocycles. The minimum absolute atomic E-state index is 0.686. The van der Waals surface area contributed by atoms with Gasteiger partial charge in [-0.2, -0.15) is 5.10 Å². The van der Waals surface area contributed by atoms with Gasteiger partial charge in [0.05, 0.1) is 6.61 Å². The largest absolute Gasteiger partial charge is 0.489 e. The fourth-order valence-electron chi connectivity index (χ4n) is 2.54. The highest BCUT2D eigenvalue weighted by Gasteiger charge is 2.20. The average molecular weight is 292 g/mol. The van der Waals surface area contributed by atoms with E-state index in [1.165, 1.54) is 0 Å². The van der Waals surface area contributed by atoms with Gasteiger partial charge in [0.1, 0.15) is 11.4 Å². The summed E-state index contributed by atoms with van der Waals surface area (Å²) in [5.74, 6) is 0.863. The second-order valence-corrected chi connectivity index (χ2v) is 5.23. The number of benzene rings is 2. The molecule has 1 aromatic heterocycles. The van der Waals surface area contributed by atoms with Crippen molar-refractivity contribution in [3.63, 3.8) is 0 Å². The van der Waals surface area contributed by atoms with Crippen molar-refractivity contribution in [2.24, 2.45) is 7.05 Å². The van der Waals surface area contributed by atoms with Crippen LogP contribution in [0.3, 0.4) is 0 Å². The van der Waals surface area contributed by atoms with E-state index in [1.54, 1.807) is 0 Å². The van der Waals surface area contributed by atoms with Crippen LogP contribution in [0.15, 0.2) is 60.7 Å². The van der Waals surface area contributed by atoms with Crippen molar-refractivity contribution in [3.05, 3.63) is 60.7 Å². The van der Waals surface area contributed by atoms with Crippen molar-refractivity contribution in [2.45, 2.75) is 13.3 Å². The van der Waals surface area contributed by atoms with Gasteiger partial charge in [-0.3, -0.25) is 4.68 Å². The molecule has 0 atom stereocenters. The minimum atomic E-state index is 0.686. The molecule has 2 aromatic carbocycles. The van der Waals surface area contributed by atoms with Crippen molar-refractivity contribution < 1.29 is 4.74 Å². The van der Waals surface area contributed by atoms with Gasteiger partial charge in [0.25, 0.3) is 0 Å². The molecule has 3 heteroatoms. The molecule has 22 heavy (non-hydrogen) atoms. The SMILES string of the molecule is CCCOc1c(-c2ccccc2)nn(C)c1-c1ccccc1. The monoisotopic (exact) mass is 292 g/mol. The third-order valence-electron chi connectivity index (χ3n) is 3.55. The summed E-state index contributed by atoms with van der Waals surface area (Å²) in [6.45, 7) is 2.80. The summed E-state index contributed by atoms with van der Waals surface area (Å²) in [4.78, 5) is 0. The standard InChI is InChI=1S/C19H20N2O/c1-3-14-22-19-17(15-10-6-4-7-11-15)20-21(2)18(19)16-12-8-5-9-13-16/h4-13H,3,14H2,1-2H3. The Labute approximate surface area is 131 Å². The number of hydrogen-bond acceptors (Lipinski definition) is 2. The predicted molar refractivity (Wildman–Crippen MR) is 89.9 cm³/mol. The molecule has 112 valence electrons. The van der Waals surface area contributed by atoms with E-state index in [0.29, 0.717) is 6.61 Å². The first-order valence-corrected chi connectivity index (χ1v) is 7.62. The molecular formula is C19H20N2O. The zero-order valence-corrected chi connectivity index (χ0v) is 13.0. The average Bonchev–Trinajstić information content (AvgIpc) is 2.91. The van der Waals surface area contributed by atoms with Crippen LogP contribution in [0.4, 0.5) is 0 Å². The lowest BCUT2D eigenvalue weighted by molar-refractivity contribution is 0.320. The Kier molecular flexibility index (Phi) is 4.24. The third-order valence-corrected chi connectivity index (χ3v) is 3.55. The van der Waals surface area contributed by atoms with Gasteiger partial charge in [0.15, 0.2) is 5.75 Å². The number of nitrogens with zero attached hydrogens (tertiary/aromatic N) is 2. The summed E-state index contributed by atoms with van der Waals surface area (Å²) < 4.78 is 7.97. The Morgan fingerprint density at radius 3 is 2.09 bits per heavy atom. The summed E-state index contributed by atoms with van der Waals surface area (Å²) in [6.07, 6.45) is 0.970. The molecule has 0 fully saturated rings. The number of aryl methyl sites for hydroxylation is 1. The minimum Gasteiger partial charge on any atom is -0.489 e. The second kappa shape index (κ2) is 6.48. The molecule has 0 saturated carbocycles. The summed E-state index contributed by atoms with van der Waals surface area (Å²) in [6, 6.07) is 20.5. The zero-order chi connectivity index (χ0) is 15.4. The molecule has 0 aliphatic carbocycles. The highest BCUT2D eigenvalue weighted by Crippen LogP contribution is 2.38. The van der Waals surface area contributed by atoms with Crippen molar-refractivity contribution >= 4 is 0 Å². The topological polar surface area (TPSA) is 27.1 Å². The second-order valence-electron chi connectivity index (χ2n) is 5.23. The molecule has 0 bridgehead atoms. The van der Waals surface area contributed by atoms with Gasteiger partial charge in [-0.15, -0.1) is 0 Å². The van der Waals surface area contributed by atoms with Gasteiger partial charge in [0, 0.05) is 18.2 Å². The van der Waals surface area contributed by atoms with E-state index >= 15 is 0 Å². The molecule has 0 aliphatic heterocycles. The van der Waals surface area contributed by atoms with Crippen molar-refractivity contribution in [1.29, 1.82) is 0 Å². The highest BCUT2D eigenvalue weighted by molar-refractivity contribution is 5.78. The van der Waals surface area contributed by atoms with Crippen molar-refractivity contribution in [3.8, 4) is 28.3 Å². The molecule has 0 amide bonds. The lowest BCUT2D eigenvalue weighted by Gasteiger charge is -2.09. The normalized spacial score (nSPS) is 10.6. The Bertz CT molecular complexity index is 733. The lowest BCUT2D eigenvalue weighted by Crippen LogP contribution is -1.98. The van der Waals surface area contributed by atoms with E-state index in [9.17, 15) is 0 Å². The number of hydrogen-bond donors (Lipinski definition) is 0. The third kappa shape index (κ3) is 2.75. The first-order valence-electron chi connectivity index (χ1n) is 7.62. The van der Waals surface area contributed by atoms with E-state index in [4.69, 9.17) is 9.84 Å². The van der Waals surface area contributed by atoms with Gasteiger partial charge in [-0.1, -0.05) is 67.6 Å². The molecule has 0 N–H and O–H groups in total. The molecule has 3 nitrogen and oxygen atoms in total. The summed E-state index contributed by atoms with van der Waals surface area (Å²) in [5.41, 5.74) is 4.11. The van der Waals surface area contributed by atoms with Gasteiger partial charge in [0.2, 0.25) is 0 Å². The van der Waals surface area contributed by atoms with E-state index in [1.807, 2.05) is 48.1 Å². The summed E-state index contributed by atoms with van der Waals surface area (Å²) in [5, 5.41) is 4.70. The quantitative estimate of drug-likeness (QED) is 0.690. The van der Waals surface area contributed by atoms with Gasteiger partial charge < -0.3 is 4.74 Å². The maximum atomic E-state index is 6.06. The Hall–Kier alpha value is -2.55. The van der Waals surface area contributed by atoms with Crippen LogP contribution in [0, 0.1) is 0 Å². The smallest absolute Gasteiger partial charge is 0.173 e. The molecule has 0 spiro atoms. The number of rotatable bonds is 5. The predicted octanol–water partition coefficient (Wildman–Crippen LogP) is 4.54. The van der Waals surface area contributed by atoms with E-state index in [2.05, 4.69) is 31.2 Å². The van der Waals surface area contributed by atoms with Crippen LogP contribution < -0.4 is 4.74 Å². The van der Waals surface area contributed by atoms with Crippen LogP contribution in [-0.2, 0) is 7.05 Å². The molecule has 0 radical (unpaired) electrons. The zero-order valence-electron chi connectivity index (χ0n) is 13.0.